The van der Waals surface area contributed by atoms with Crippen LogP contribution in [0, 0.1) is 11.3 Å². The van der Waals surface area contributed by atoms with E-state index in [2.05, 4.69) is 13.8 Å². The normalized spacial score (nSPS) is 17.2. The fraction of sp³-hybridized carbons (Fsp3) is 0.611. The highest BCUT2D eigenvalue weighted by Crippen LogP contribution is 2.45. The predicted molar refractivity (Wildman–Crippen MR) is 88.1 cm³/mol. The van der Waals surface area contributed by atoms with E-state index in [1.807, 2.05) is 36.2 Å². The third kappa shape index (κ3) is 3.29. The smallest absolute Gasteiger partial charge is 0.232 e. The number of anilines is 1. The van der Waals surface area contributed by atoms with Gasteiger partial charge in [0.1, 0.15) is 0 Å². The van der Waals surface area contributed by atoms with Crippen molar-refractivity contribution in [1.82, 2.24) is 0 Å². The van der Waals surface area contributed by atoms with Gasteiger partial charge in [0.05, 0.1) is 0 Å². The van der Waals surface area contributed by atoms with Gasteiger partial charge in [-0.3, -0.25) is 4.79 Å². The van der Waals surface area contributed by atoms with Crippen LogP contribution in [-0.2, 0) is 11.3 Å². The Balaban J connectivity index is 2.28. The van der Waals surface area contributed by atoms with E-state index in [0.717, 1.165) is 30.5 Å². The molecular weight excluding hydrogens is 260 g/mol. The van der Waals surface area contributed by atoms with Crippen molar-refractivity contribution in [2.75, 3.05) is 11.9 Å². The molecule has 3 nitrogen and oxygen atoms in total. The van der Waals surface area contributed by atoms with Crippen LogP contribution in [0.4, 0.5) is 5.69 Å². The summed E-state index contributed by atoms with van der Waals surface area (Å²) < 4.78 is 0. The molecule has 0 atom stereocenters. The van der Waals surface area contributed by atoms with Gasteiger partial charge in [0.15, 0.2) is 0 Å². The van der Waals surface area contributed by atoms with E-state index in [9.17, 15) is 4.79 Å². The lowest BCUT2D eigenvalue weighted by Gasteiger charge is -2.34. The topological polar surface area (TPSA) is 46.3 Å². The van der Waals surface area contributed by atoms with Crippen LogP contribution >= 0.6 is 0 Å². The molecular formula is C18H28N2O. The molecule has 1 amide bonds. The SMILES string of the molecule is CC(C)CC1(C(=O)N(C)c2ccccc2CN)CCCC1. The molecule has 0 aromatic heterocycles. The Morgan fingerprint density at radius 1 is 1.29 bits per heavy atom. The molecule has 1 aliphatic carbocycles. The molecule has 0 radical (unpaired) electrons. The summed E-state index contributed by atoms with van der Waals surface area (Å²) in [6.07, 6.45) is 5.38. The van der Waals surface area contributed by atoms with Crippen molar-refractivity contribution in [3.05, 3.63) is 29.8 Å². The lowest BCUT2D eigenvalue weighted by atomic mass is 9.77. The molecule has 1 saturated carbocycles. The highest BCUT2D eigenvalue weighted by molar-refractivity contribution is 5.98. The second-order valence-corrected chi connectivity index (χ2v) is 6.78. The number of rotatable bonds is 5. The van der Waals surface area contributed by atoms with Crippen LogP contribution in [0.5, 0.6) is 0 Å². The zero-order valence-electron chi connectivity index (χ0n) is 13.6. The van der Waals surface area contributed by atoms with Gasteiger partial charge in [-0.25, -0.2) is 0 Å². The molecule has 21 heavy (non-hydrogen) atoms. The first-order valence-electron chi connectivity index (χ1n) is 8.06. The van der Waals surface area contributed by atoms with Crippen molar-refractivity contribution in [3.8, 4) is 0 Å². The molecule has 1 aromatic carbocycles. The number of hydrogen-bond donors (Lipinski definition) is 1. The molecule has 0 spiro atoms. The fourth-order valence-electron chi connectivity index (χ4n) is 3.81. The first kappa shape index (κ1) is 16.0. The Morgan fingerprint density at radius 2 is 1.90 bits per heavy atom. The minimum absolute atomic E-state index is 0.162. The molecule has 0 bridgehead atoms. The van der Waals surface area contributed by atoms with Crippen LogP contribution in [0.1, 0.15) is 51.5 Å². The zero-order valence-corrected chi connectivity index (χ0v) is 13.6. The molecule has 0 heterocycles. The monoisotopic (exact) mass is 288 g/mol. The summed E-state index contributed by atoms with van der Waals surface area (Å²) in [6.45, 7) is 4.88. The Kier molecular flexibility index (Phi) is 5.04. The van der Waals surface area contributed by atoms with Crippen LogP contribution in [0.25, 0.3) is 0 Å². The zero-order chi connectivity index (χ0) is 15.5. The van der Waals surface area contributed by atoms with Crippen molar-refractivity contribution in [2.24, 2.45) is 17.1 Å². The van der Waals surface area contributed by atoms with Crippen molar-refractivity contribution < 1.29 is 4.79 Å². The van der Waals surface area contributed by atoms with Crippen molar-refractivity contribution in [1.29, 1.82) is 0 Å². The maximum Gasteiger partial charge on any atom is 0.232 e. The van der Waals surface area contributed by atoms with Gasteiger partial charge < -0.3 is 10.6 Å². The summed E-state index contributed by atoms with van der Waals surface area (Å²) in [5.41, 5.74) is 7.65. The van der Waals surface area contributed by atoms with Crippen molar-refractivity contribution in [2.45, 2.75) is 52.5 Å². The molecule has 3 heteroatoms. The average Bonchev–Trinajstić information content (AvgIpc) is 2.94. The lowest BCUT2D eigenvalue weighted by molar-refractivity contribution is -0.128. The molecule has 1 fully saturated rings. The van der Waals surface area contributed by atoms with E-state index in [0.29, 0.717) is 12.5 Å². The molecule has 1 aliphatic rings. The lowest BCUT2D eigenvalue weighted by Crippen LogP contribution is -2.42. The van der Waals surface area contributed by atoms with E-state index < -0.39 is 0 Å². The largest absolute Gasteiger partial charge is 0.326 e. The minimum atomic E-state index is -0.162. The van der Waals surface area contributed by atoms with Crippen LogP contribution in [0.3, 0.4) is 0 Å². The van der Waals surface area contributed by atoms with Crippen LogP contribution in [0.2, 0.25) is 0 Å². The highest BCUT2D eigenvalue weighted by atomic mass is 16.2. The molecule has 2 rings (SSSR count). The second kappa shape index (κ2) is 6.61. The maximum atomic E-state index is 13.2. The molecule has 1 aromatic rings. The number of amides is 1. The summed E-state index contributed by atoms with van der Waals surface area (Å²) >= 11 is 0. The van der Waals surface area contributed by atoms with Gasteiger partial charge in [-0.05, 0) is 36.8 Å². The number of carbonyl (C=O) groups is 1. The summed E-state index contributed by atoms with van der Waals surface area (Å²) in [5.74, 6) is 0.819. The van der Waals surface area contributed by atoms with Gasteiger partial charge in [-0.2, -0.15) is 0 Å². The average molecular weight is 288 g/mol. The van der Waals surface area contributed by atoms with Gasteiger partial charge in [0.2, 0.25) is 5.91 Å². The Morgan fingerprint density at radius 3 is 2.48 bits per heavy atom. The Hall–Kier alpha value is -1.35. The van der Waals surface area contributed by atoms with Crippen LogP contribution < -0.4 is 10.6 Å². The number of hydrogen-bond acceptors (Lipinski definition) is 2. The van der Waals surface area contributed by atoms with Crippen molar-refractivity contribution in [3.63, 3.8) is 0 Å². The maximum absolute atomic E-state index is 13.2. The molecule has 0 saturated heterocycles. The minimum Gasteiger partial charge on any atom is -0.326 e. The van der Waals surface area contributed by atoms with Crippen LogP contribution in [-0.4, -0.2) is 13.0 Å². The van der Waals surface area contributed by atoms with Crippen molar-refractivity contribution >= 4 is 11.6 Å². The van der Waals surface area contributed by atoms with E-state index >= 15 is 0 Å². The van der Waals surface area contributed by atoms with Gasteiger partial charge in [-0.1, -0.05) is 44.9 Å². The highest BCUT2D eigenvalue weighted by Gasteiger charge is 2.43. The Bertz CT molecular complexity index is 490. The van der Waals surface area contributed by atoms with E-state index in [4.69, 9.17) is 5.73 Å². The van der Waals surface area contributed by atoms with Gasteiger partial charge in [0.25, 0.3) is 0 Å². The first-order chi connectivity index (χ1) is 10.00. The third-order valence-electron chi connectivity index (χ3n) is 4.69. The van der Waals surface area contributed by atoms with Gasteiger partial charge >= 0.3 is 0 Å². The second-order valence-electron chi connectivity index (χ2n) is 6.78. The van der Waals surface area contributed by atoms with E-state index in [1.165, 1.54) is 12.8 Å². The number of benzene rings is 1. The molecule has 0 unspecified atom stereocenters. The number of nitrogens with two attached hydrogens (primary N) is 1. The Labute approximate surface area is 128 Å². The summed E-state index contributed by atoms with van der Waals surface area (Å²) in [6, 6.07) is 7.95. The predicted octanol–water partition coefficient (Wildman–Crippen LogP) is 3.71. The number of carbonyl (C=O) groups excluding carboxylic acids is 1. The van der Waals surface area contributed by atoms with Gasteiger partial charge in [-0.15, -0.1) is 0 Å². The van der Waals surface area contributed by atoms with Gasteiger partial charge in [0, 0.05) is 24.7 Å². The standard InChI is InChI=1S/C18H28N2O/c1-14(2)12-18(10-6-7-11-18)17(21)20(3)16-9-5-4-8-15(16)13-19/h4-5,8-9,14H,6-7,10-13,19H2,1-3H3. The number of para-hydroxylation sites is 1. The molecule has 2 N–H and O–H groups in total. The summed E-state index contributed by atoms with van der Waals surface area (Å²) in [7, 11) is 1.90. The number of nitrogens with zero attached hydrogens (tertiary/aromatic N) is 1. The first-order valence-corrected chi connectivity index (χ1v) is 8.06. The van der Waals surface area contributed by atoms with E-state index in [1.54, 1.807) is 0 Å². The van der Waals surface area contributed by atoms with E-state index in [-0.39, 0.29) is 11.3 Å². The third-order valence-corrected chi connectivity index (χ3v) is 4.69. The fourth-order valence-corrected chi connectivity index (χ4v) is 3.81. The summed E-state index contributed by atoms with van der Waals surface area (Å²) in [5, 5.41) is 0. The molecule has 0 aliphatic heterocycles. The summed E-state index contributed by atoms with van der Waals surface area (Å²) in [4.78, 5) is 15.0. The molecule has 116 valence electrons. The van der Waals surface area contributed by atoms with Crippen LogP contribution in [0.15, 0.2) is 24.3 Å². The quantitative estimate of drug-likeness (QED) is 0.897.